The molecule has 1 heterocycles. The van der Waals surface area contributed by atoms with Crippen LogP contribution in [0.1, 0.15) is 11.1 Å². The summed E-state index contributed by atoms with van der Waals surface area (Å²) in [6.45, 7) is 8.14. The molecule has 0 saturated carbocycles. The quantitative estimate of drug-likeness (QED) is 0.893. The van der Waals surface area contributed by atoms with Crippen molar-refractivity contribution in [1.82, 2.24) is 20.0 Å². The van der Waals surface area contributed by atoms with Crippen molar-refractivity contribution in [3.63, 3.8) is 0 Å². The summed E-state index contributed by atoms with van der Waals surface area (Å²) in [5.41, 5.74) is 2.64. The number of aryl methyl sites for hydroxylation is 1. The van der Waals surface area contributed by atoms with Crippen molar-refractivity contribution in [3.8, 4) is 0 Å². The topological polar surface area (TPSA) is 38.8 Å². The first-order chi connectivity index (χ1) is 10.5. The van der Waals surface area contributed by atoms with E-state index in [1.807, 2.05) is 19.0 Å². The van der Waals surface area contributed by atoms with Gasteiger partial charge in [-0.25, -0.2) is 4.79 Å². The molecule has 5 heteroatoms. The van der Waals surface area contributed by atoms with Crippen LogP contribution in [-0.2, 0) is 6.54 Å². The first-order valence-corrected chi connectivity index (χ1v) is 8.00. The molecule has 2 rings (SSSR count). The zero-order valence-corrected chi connectivity index (χ0v) is 14.0. The highest BCUT2D eigenvalue weighted by Gasteiger charge is 2.20. The van der Waals surface area contributed by atoms with Crippen LogP contribution in [0.4, 0.5) is 4.79 Å². The second-order valence-electron chi connectivity index (χ2n) is 6.28. The maximum atomic E-state index is 12.1. The van der Waals surface area contributed by atoms with Gasteiger partial charge in [-0.2, -0.15) is 0 Å². The van der Waals surface area contributed by atoms with Gasteiger partial charge in [0.05, 0.1) is 0 Å². The summed E-state index contributed by atoms with van der Waals surface area (Å²) in [4.78, 5) is 18.5. The Morgan fingerprint density at radius 3 is 2.36 bits per heavy atom. The molecular weight excluding hydrogens is 276 g/mol. The summed E-state index contributed by atoms with van der Waals surface area (Å²) in [5, 5.41) is 2.98. The molecule has 0 unspecified atom stereocenters. The number of benzene rings is 1. The third kappa shape index (κ3) is 5.31. The van der Waals surface area contributed by atoms with Gasteiger partial charge in [-0.1, -0.05) is 29.8 Å². The first-order valence-electron chi connectivity index (χ1n) is 8.00. The van der Waals surface area contributed by atoms with Crippen LogP contribution in [0.15, 0.2) is 24.3 Å². The number of hydrogen-bond donors (Lipinski definition) is 1. The van der Waals surface area contributed by atoms with Gasteiger partial charge in [0.2, 0.25) is 0 Å². The lowest BCUT2D eigenvalue weighted by Crippen LogP contribution is -2.52. The molecule has 0 aromatic heterocycles. The smallest absolute Gasteiger partial charge is 0.317 e. The number of rotatable bonds is 5. The summed E-state index contributed by atoms with van der Waals surface area (Å²) in [5.74, 6) is 0. The van der Waals surface area contributed by atoms with E-state index in [1.54, 1.807) is 0 Å². The highest BCUT2D eigenvalue weighted by atomic mass is 16.2. The van der Waals surface area contributed by atoms with E-state index in [9.17, 15) is 4.79 Å². The van der Waals surface area contributed by atoms with E-state index in [4.69, 9.17) is 0 Å². The molecule has 1 saturated heterocycles. The van der Waals surface area contributed by atoms with Gasteiger partial charge in [-0.05, 0) is 26.6 Å². The average molecular weight is 304 g/mol. The van der Waals surface area contributed by atoms with Crippen LogP contribution in [0.2, 0.25) is 0 Å². The third-order valence-electron chi connectivity index (χ3n) is 4.02. The second kappa shape index (κ2) is 8.15. The molecule has 1 N–H and O–H groups in total. The fourth-order valence-corrected chi connectivity index (χ4v) is 2.56. The predicted molar refractivity (Wildman–Crippen MR) is 90.0 cm³/mol. The molecule has 1 aliphatic rings. The van der Waals surface area contributed by atoms with Crippen molar-refractivity contribution >= 4 is 6.03 Å². The summed E-state index contributed by atoms with van der Waals surface area (Å²) < 4.78 is 0. The SMILES string of the molecule is Cc1ccc(CN2CCN(C(=O)NCCN(C)C)CC2)cc1. The van der Waals surface area contributed by atoms with Gasteiger partial charge in [-0.15, -0.1) is 0 Å². The zero-order chi connectivity index (χ0) is 15.9. The highest BCUT2D eigenvalue weighted by Crippen LogP contribution is 2.09. The van der Waals surface area contributed by atoms with Gasteiger partial charge in [-0.3, -0.25) is 4.90 Å². The average Bonchev–Trinajstić information content (AvgIpc) is 2.50. The van der Waals surface area contributed by atoms with Crippen molar-refractivity contribution < 1.29 is 4.79 Å². The summed E-state index contributed by atoms with van der Waals surface area (Å²) in [7, 11) is 4.02. The van der Waals surface area contributed by atoms with Crippen LogP contribution < -0.4 is 5.32 Å². The maximum absolute atomic E-state index is 12.1. The van der Waals surface area contributed by atoms with Gasteiger partial charge < -0.3 is 15.1 Å². The molecule has 0 radical (unpaired) electrons. The van der Waals surface area contributed by atoms with Gasteiger partial charge in [0.15, 0.2) is 0 Å². The van der Waals surface area contributed by atoms with Crippen LogP contribution in [0.5, 0.6) is 0 Å². The number of urea groups is 1. The van der Waals surface area contributed by atoms with Crippen LogP contribution in [0.25, 0.3) is 0 Å². The Bertz CT molecular complexity index is 464. The minimum atomic E-state index is 0.0665. The van der Waals surface area contributed by atoms with Crippen molar-refractivity contribution in [2.45, 2.75) is 13.5 Å². The molecule has 0 spiro atoms. The highest BCUT2D eigenvalue weighted by molar-refractivity contribution is 5.74. The Morgan fingerprint density at radius 1 is 1.14 bits per heavy atom. The number of piperazine rings is 1. The summed E-state index contributed by atoms with van der Waals surface area (Å²) in [6.07, 6.45) is 0. The number of hydrogen-bond acceptors (Lipinski definition) is 3. The van der Waals surface area contributed by atoms with Crippen molar-refractivity contribution in [1.29, 1.82) is 0 Å². The van der Waals surface area contributed by atoms with Crippen molar-refractivity contribution in [2.75, 3.05) is 53.4 Å². The molecule has 0 atom stereocenters. The van der Waals surface area contributed by atoms with E-state index in [2.05, 4.69) is 46.3 Å². The van der Waals surface area contributed by atoms with E-state index in [1.165, 1.54) is 11.1 Å². The molecular formula is C17H28N4O. The lowest BCUT2D eigenvalue weighted by Gasteiger charge is -2.34. The van der Waals surface area contributed by atoms with E-state index in [0.29, 0.717) is 6.54 Å². The standard InChI is InChI=1S/C17H28N4O/c1-15-4-6-16(7-5-15)14-20-10-12-21(13-11-20)17(22)18-8-9-19(2)3/h4-7H,8-14H2,1-3H3,(H,18,22). The molecule has 22 heavy (non-hydrogen) atoms. The Morgan fingerprint density at radius 2 is 1.77 bits per heavy atom. The number of carbonyl (C=O) groups excluding carboxylic acids is 1. The zero-order valence-electron chi connectivity index (χ0n) is 14.0. The minimum Gasteiger partial charge on any atom is -0.337 e. The third-order valence-corrected chi connectivity index (χ3v) is 4.02. The van der Waals surface area contributed by atoms with Crippen molar-refractivity contribution in [2.24, 2.45) is 0 Å². The monoisotopic (exact) mass is 304 g/mol. The maximum Gasteiger partial charge on any atom is 0.317 e. The number of nitrogens with one attached hydrogen (secondary N) is 1. The number of nitrogens with zero attached hydrogens (tertiary/aromatic N) is 3. The Balaban J connectivity index is 1.71. The number of likely N-dealkylation sites (N-methyl/N-ethyl adjacent to an activating group) is 1. The molecule has 122 valence electrons. The Kier molecular flexibility index (Phi) is 6.21. The van der Waals surface area contributed by atoms with Gasteiger partial charge in [0.1, 0.15) is 0 Å². The fourth-order valence-electron chi connectivity index (χ4n) is 2.56. The molecule has 0 aliphatic carbocycles. The first kappa shape index (κ1) is 16.8. The van der Waals surface area contributed by atoms with E-state index >= 15 is 0 Å². The molecule has 1 fully saturated rings. The molecule has 2 amide bonds. The van der Waals surface area contributed by atoms with Gasteiger partial charge in [0, 0.05) is 45.8 Å². The van der Waals surface area contributed by atoms with Gasteiger partial charge in [0.25, 0.3) is 0 Å². The van der Waals surface area contributed by atoms with Crippen LogP contribution in [0.3, 0.4) is 0 Å². The predicted octanol–water partition coefficient (Wildman–Crippen LogP) is 1.38. The lowest BCUT2D eigenvalue weighted by molar-refractivity contribution is 0.135. The fraction of sp³-hybridized carbons (Fsp3) is 0.588. The molecule has 1 aromatic rings. The minimum absolute atomic E-state index is 0.0665. The second-order valence-corrected chi connectivity index (χ2v) is 6.28. The van der Waals surface area contributed by atoms with Crippen LogP contribution >= 0.6 is 0 Å². The number of carbonyl (C=O) groups is 1. The van der Waals surface area contributed by atoms with Crippen LogP contribution in [-0.4, -0.2) is 74.1 Å². The van der Waals surface area contributed by atoms with E-state index in [0.717, 1.165) is 39.3 Å². The summed E-state index contributed by atoms with van der Waals surface area (Å²) >= 11 is 0. The molecule has 0 bridgehead atoms. The normalized spacial score (nSPS) is 16.1. The number of amides is 2. The Labute approximate surface area is 133 Å². The largest absolute Gasteiger partial charge is 0.337 e. The van der Waals surface area contributed by atoms with Crippen molar-refractivity contribution in [3.05, 3.63) is 35.4 Å². The summed E-state index contributed by atoms with van der Waals surface area (Å²) in [6, 6.07) is 8.76. The van der Waals surface area contributed by atoms with E-state index < -0.39 is 0 Å². The van der Waals surface area contributed by atoms with Crippen LogP contribution in [0, 0.1) is 6.92 Å². The Hall–Kier alpha value is -1.59. The van der Waals surface area contributed by atoms with Gasteiger partial charge >= 0.3 is 6.03 Å². The van der Waals surface area contributed by atoms with E-state index in [-0.39, 0.29) is 6.03 Å². The molecule has 1 aliphatic heterocycles. The molecule has 1 aromatic carbocycles. The lowest BCUT2D eigenvalue weighted by atomic mass is 10.1. The molecule has 5 nitrogen and oxygen atoms in total.